The van der Waals surface area contributed by atoms with Gasteiger partial charge in [-0.3, -0.25) is 9.59 Å². The van der Waals surface area contributed by atoms with Crippen molar-refractivity contribution in [2.75, 3.05) is 6.61 Å². The summed E-state index contributed by atoms with van der Waals surface area (Å²) in [5.74, 6) is -0.356. The predicted octanol–water partition coefficient (Wildman–Crippen LogP) is 2.79. The Bertz CT molecular complexity index is 718. The Balaban J connectivity index is 1.94. The second-order valence-corrected chi connectivity index (χ2v) is 5.54. The Morgan fingerprint density at radius 3 is 2.39 bits per heavy atom. The van der Waals surface area contributed by atoms with Crippen molar-refractivity contribution < 1.29 is 14.3 Å². The molecule has 5 nitrogen and oxygen atoms in total. The van der Waals surface area contributed by atoms with Crippen LogP contribution in [0.3, 0.4) is 0 Å². The van der Waals surface area contributed by atoms with Crippen LogP contribution in [0.4, 0.5) is 0 Å². The first kappa shape index (κ1) is 17.1. The summed E-state index contributed by atoms with van der Waals surface area (Å²) in [4.78, 5) is 22.7. The minimum Gasteiger partial charge on any atom is -0.484 e. The van der Waals surface area contributed by atoms with E-state index in [1.165, 1.54) is 0 Å². The summed E-state index contributed by atoms with van der Waals surface area (Å²) >= 11 is 11.9. The molecule has 0 aliphatic heterocycles. The van der Waals surface area contributed by atoms with Crippen LogP contribution in [0, 0.1) is 0 Å². The first-order valence-corrected chi connectivity index (χ1v) is 7.44. The van der Waals surface area contributed by atoms with E-state index in [0.717, 1.165) is 5.56 Å². The lowest BCUT2D eigenvalue weighted by atomic mass is 10.2. The van der Waals surface area contributed by atoms with Gasteiger partial charge in [0.1, 0.15) is 5.75 Å². The molecule has 0 unspecified atom stereocenters. The summed E-state index contributed by atoms with van der Waals surface area (Å²) in [6, 6.07) is 11.4. The molecule has 0 atom stereocenters. The fourth-order valence-electron chi connectivity index (χ4n) is 1.80. The van der Waals surface area contributed by atoms with Crippen molar-refractivity contribution in [1.82, 2.24) is 5.32 Å². The number of nitrogens with two attached hydrogens (primary N) is 1. The van der Waals surface area contributed by atoms with E-state index in [-0.39, 0.29) is 19.1 Å². The molecule has 2 aromatic carbocycles. The molecule has 0 bridgehead atoms. The van der Waals surface area contributed by atoms with E-state index in [1.807, 2.05) is 0 Å². The lowest BCUT2D eigenvalue weighted by Gasteiger charge is -2.08. The van der Waals surface area contributed by atoms with E-state index in [9.17, 15) is 9.59 Å². The number of carbonyl (C=O) groups is 2. The van der Waals surface area contributed by atoms with Gasteiger partial charge in [-0.05, 0) is 42.0 Å². The summed E-state index contributed by atoms with van der Waals surface area (Å²) in [6.07, 6.45) is 0. The lowest BCUT2D eigenvalue weighted by molar-refractivity contribution is -0.119. The van der Waals surface area contributed by atoms with Crippen molar-refractivity contribution in [2.24, 2.45) is 5.73 Å². The summed E-state index contributed by atoms with van der Waals surface area (Å²) in [7, 11) is 0. The fraction of sp³-hybridized carbons (Fsp3) is 0.125. The van der Waals surface area contributed by atoms with E-state index in [4.69, 9.17) is 33.7 Å². The third-order valence-corrected chi connectivity index (χ3v) is 3.54. The third-order valence-electron chi connectivity index (χ3n) is 2.95. The molecule has 7 heteroatoms. The van der Waals surface area contributed by atoms with Gasteiger partial charge in [0.2, 0.25) is 0 Å². The highest BCUT2D eigenvalue weighted by molar-refractivity contribution is 6.35. The molecule has 2 aromatic rings. The van der Waals surface area contributed by atoms with Gasteiger partial charge >= 0.3 is 0 Å². The molecule has 0 aromatic heterocycles. The molecule has 0 spiro atoms. The zero-order valence-corrected chi connectivity index (χ0v) is 13.5. The van der Waals surface area contributed by atoms with Gasteiger partial charge in [-0.25, -0.2) is 0 Å². The Morgan fingerprint density at radius 2 is 1.78 bits per heavy atom. The Labute approximate surface area is 143 Å². The zero-order valence-electron chi connectivity index (χ0n) is 12.0. The van der Waals surface area contributed by atoms with Crippen molar-refractivity contribution in [3.8, 4) is 5.75 Å². The molecule has 3 N–H and O–H groups in total. The van der Waals surface area contributed by atoms with Gasteiger partial charge in [0, 0.05) is 22.2 Å². The normalized spacial score (nSPS) is 10.2. The van der Waals surface area contributed by atoms with Crippen LogP contribution in [0.2, 0.25) is 10.0 Å². The highest BCUT2D eigenvalue weighted by atomic mass is 35.5. The van der Waals surface area contributed by atoms with E-state index in [2.05, 4.69) is 5.32 Å². The standard InChI is InChI=1S/C16H14Cl2N2O3/c17-12-4-1-11(14(18)7-12)8-20-16(22)10-2-5-13(6-3-10)23-9-15(19)21/h1-7H,8-9H2,(H2,19,21)(H,20,22). The predicted molar refractivity (Wildman–Crippen MR) is 88.8 cm³/mol. The highest BCUT2D eigenvalue weighted by Crippen LogP contribution is 2.21. The van der Waals surface area contributed by atoms with E-state index in [0.29, 0.717) is 21.4 Å². The van der Waals surface area contributed by atoms with Gasteiger partial charge < -0.3 is 15.8 Å². The molecule has 23 heavy (non-hydrogen) atoms. The summed E-state index contributed by atoms with van der Waals surface area (Å²) in [6.45, 7) is 0.0787. The number of halogens is 2. The van der Waals surface area contributed by atoms with Crippen molar-refractivity contribution in [3.05, 3.63) is 63.6 Å². The number of hydrogen-bond donors (Lipinski definition) is 2. The van der Waals surface area contributed by atoms with Gasteiger partial charge in [0.25, 0.3) is 11.8 Å². The van der Waals surface area contributed by atoms with Crippen molar-refractivity contribution in [3.63, 3.8) is 0 Å². The second kappa shape index (κ2) is 7.85. The summed E-state index contributed by atoms with van der Waals surface area (Å²) in [5, 5.41) is 3.80. The van der Waals surface area contributed by atoms with E-state index >= 15 is 0 Å². The molecule has 0 fully saturated rings. The van der Waals surface area contributed by atoms with E-state index in [1.54, 1.807) is 42.5 Å². The summed E-state index contributed by atoms with van der Waals surface area (Å²) in [5.41, 5.74) is 6.22. The Kier molecular flexibility index (Phi) is 5.84. The average Bonchev–Trinajstić information content (AvgIpc) is 2.52. The van der Waals surface area contributed by atoms with E-state index < -0.39 is 5.91 Å². The first-order chi connectivity index (χ1) is 11.0. The first-order valence-electron chi connectivity index (χ1n) is 6.69. The van der Waals surface area contributed by atoms with Gasteiger partial charge in [-0.15, -0.1) is 0 Å². The second-order valence-electron chi connectivity index (χ2n) is 4.70. The van der Waals surface area contributed by atoms with Crippen LogP contribution < -0.4 is 15.8 Å². The van der Waals surface area contributed by atoms with Gasteiger partial charge in [-0.1, -0.05) is 29.3 Å². The van der Waals surface area contributed by atoms with Gasteiger partial charge in [0.05, 0.1) is 0 Å². The highest BCUT2D eigenvalue weighted by Gasteiger charge is 2.08. The Morgan fingerprint density at radius 1 is 1.09 bits per heavy atom. The van der Waals surface area contributed by atoms with Crippen LogP contribution in [0.25, 0.3) is 0 Å². The topological polar surface area (TPSA) is 81.4 Å². The molecule has 0 heterocycles. The largest absolute Gasteiger partial charge is 0.484 e. The number of ether oxygens (including phenoxy) is 1. The maximum atomic E-state index is 12.1. The molecular formula is C16H14Cl2N2O3. The number of benzene rings is 2. The van der Waals surface area contributed by atoms with Gasteiger partial charge in [0.15, 0.2) is 6.61 Å². The van der Waals surface area contributed by atoms with Crippen molar-refractivity contribution >= 4 is 35.0 Å². The third kappa shape index (κ3) is 5.16. The molecular weight excluding hydrogens is 339 g/mol. The smallest absolute Gasteiger partial charge is 0.255 e. The van der Waals surface area contributed by atoms with Crippen molar-refractivity contribution in [1.29, 1.82) is 0 Å². The number of rotatable bonds is 6. The van der Waals surface area contributed by atoms with Crippen LogP contribution in [-0.2, 0) is 11.3 Å². The Hall–Kier alpha value is -2.24. The molecule has 2 amide bonds. The molecule has 120 valence electrons. The molecule has 0 radical (unpaired) electrons. The minimum atomic E-state index is -0.563. The maximum absolute atomic E-state index is 12.1. The van der Waals surface area contributed by atoms with Crippen molar-refractivity contribution in [2.45, 2.75) is 6.54 Å². The quantitative estimate of drug-likeness (QED) is 0.838. The van der Waals surface area contributed by atoms with Crippen LogP contribution in [0.1, 0.15) is 15.9 Å². The lowest BCUT2D eigenvalue weighted by Crippen LogP contribution is -2.23. The molecule has 0 aliphatic carbocycles. The van der Waals surface area contributed by atoms with Crippen LogP contribution in [-0.4, -0.2) is 18.4 Å². The number of nitrogens with one attached hydrogen (secondary N) is 1. The van der Waals surface area contributed by atoms with Crippen LogP contribution in [0.15, 0.2) is 42.5 Å². The monoisotopic (exact) mass is 352 g/mol. The average molecular weight is 353 g/mol. The number of carbonyl (C=O) groups excluding carboxylic acids is 2. The summed E-state index contributed by atoms with van der Waals surface area (Å²) < 4.78 is 5.12. The molecule has 2 rings (SSSR count). The van der Waals surface area contributed by atoms with Crippen LogP contribution >= 0.6 is 23.2 Å². The van der Waals surface area contributed by atoms with Crippen LogP contribution in [0.5, 0.6) is 5.75 Å². The number of hydrogen-bond acceptors (Lipinski definition) is 3. The fourth-order valence-corrected chi connectivity index (χ4v) is 2.27. The zero-order chi connectivity index (χ0) is 16.8. The molecule has 0 aliphatic rings. The SMILES string of the molecule is NC(=O)COc1ccc(C(=O)NCc2ccc(Cl)cc2Cl)cc1. The number of primary amides is 1. The maximum Gasteiger partial charge on any atom is 0.255 e. The minimum absolute atomic E-state index is 0.208. The number of amides is 2. The molecule has 0 saturated carbocycles. The molecule has 0 saturated heterocycles. The van der Waals surface area contributed by atoms with Gasteiger partial charge in [-0.2, -0.15) is 0 Å².